The molecule has 4 aromatic rings. The standard InChI is InChI=1S/C29H25N7O2/c1-30-21-13-16-36(17-14-21)27-23(12-7-15-31-27)28-34-35-29(38-28)33-26-24(37)18-20-10-5-6-11-22(20)25(32-26)19-8-3-2-4-9-19/h2-12,15,21,26H,13-14,16-18H2,(H,33,35). The number of Topliss-reactive ketones (excluding diaryl/α,β-unsaturated/α-hetero) is 1. The van der Waals surface area contributed by atoms with Crippen LogP contribution in [0.4, 0.5) is 11.8 Å². The number of rotatable bonds is 5. The first-order valence-electron chi connectivity index (χ1n) is 12.6. The van der Waals surface area contributed by atoms with Crippen molar-refractivity contribution in [3.63, 3.8) is 0 Å². The van der Waals surface area contributed by atoms with Gasteiger partial charge in [0, 0.05) is 49.7 Å². The van der Waals surface area contributed by atoms with Crippen LogP contribution in [0.5, 0.6) is 0 Å². The maximum Gasteiger partial charge on any atom is 0.317 e. The summed E-state index contributed by atoms with van der Waals surface area (Å²) in [5.41, 5.74) is 4.24. The van der Waals surface area contributed by atoms with Gasteiger partial charge in [0.15, 0.2) is 11.9 Å². The third-order valence-electron chi connectivity index (χ3n) is 6.90. The number of fused-ring (bicyclic) bond motifs is 1. The lowest BCUT2D eigenvalue weighted by Crippen LogP contribution is -2.35. The van der Waals surface area contributed by atoms with Gasteiger partial charge < -0.3 is 19.5 Å². The predicted octanol–water partition coefficient (Wildman–Crippen LogP) is 4.42. The van der Waals surface area contributed by atoms with Crippen molar-refractivity contribution in [2.24, 2.45) is 4.99 Å². The van der Waals surface area contributed by atoms with Gasteiger partial charge in [-0.3, -0.25) is 9.79 Å². The number of benzene rings is 2. The zero-order valence-electron chi connectivity index (χ0n) is 20.6. The van der Waals surface area contributed by atoms with E-state index >= 15 is 0 Å². The minimum Gasteiger partial charge on any atom is -0.403 e. The van der Waals surface area contributed by atoms with E-state index in [2.05, 4.69) is 30.2 Å². The van der Waals surface area contributed by atoms with Gasteiger partial charge in [-0.15, -0.1) is 5.10 Å². The van der Waals surface area contributed by atoms with Crippen LogP contribution in [-0.4, -0.2) is 52.0 Å². The van der Waals surface area contributed by atoms with Crippen LogP contribution in [-0.2, 0) is 11.2 Å². The quantitative estimate of drug-likeness (QED) is 0.402. The van der Waals surface area contributed by atoms with Gasteiger partial charge in [0.25, 0.3) is 5.89 Å². The number of anilines is 2. The Hall–Kier alpha value is -4.84. The van der Waals surface area contributed by atoms with E-state index in [1.165, 1.54) is 0 Å². The van der Waals surface area contributed by atoms with Crippen molar-refractivity contribution in [3.05, 3.63) is 101 Å². The van der Waals surface area contributed by atoms with E-state index in [4.69, 9.17) is 16.0 Å². The van der Waals surface area contributed by atoms with Crippen LogP contribution in [0.3, 0.4) is 0 Å². The Balaban J connectivity index is 1.29. The SMILES string of the molecule is [C-]#[N+]C1CCN(c2ncccc2-c2nnc(NC3N=C(c4ccccc4)c4ccccc4CC3=O)o2)CC1. The summed E-state index contributed by atoms with van der Waals surface area (Å²) in [5.74, 6) is 0.962. The zero-order chi connectivity index (χ0) is 25.9. The fourth-order valence-electron chi connectivity index (χ4n) is 4.93. The third kappa shape index (κ3) is 4.64. The Kier molecular flexibility index (Phi) is 6.36. The Morgan fingerprint density at radius 2 is 1.71 bits per heavy atom. The molecule has 6 rings (SSSR count). The summed E-state index contributed by atoms with van der Waals surface area (Å²) in [5, 5.41) is 11.5. The first-order chi connectivity index (χ1) is 18.7. The maximum absolute atomic E-state index is 13.2. The molecule has 2 aromatic carbocycles. The Bertz CT molecular complexity index is 1530. The highest BCUT2D eigenvalue weighted by molar-refractivity contribution is 6.16. The molecule has 0 spiro atoms. The molecule has 1 atom stereocenters. The number of hydrogen-bond acceptors (Lipinski definition) is 8. The number of carbonyl (C=O) groups excluding carboxylic acids is 1. The predicted molar refractivity (Wildman–Crippen MR) is 144 cm³/mol. The molecule has 0 amide bonds. The maximum atomic E-state index is 13.2. The lowest BCUT2D eigenvalue weighted by atomic mass is 9.96. The first kappa shape index (κ1) is 23.6. The van der Waals surface area contributed by atoms with E-state index in [1.54, 1.807) is 6.20 Å². The number of aliphatic imine (C=N–C) groups is 1. The zero-order valence-corrected chi connectivity index (χ0v) is 20.6. The molecule has 1 saturated heterocycles. The molecule has 0 bridgehead atoms. The number of ketones is 1. The minimum atomic E-state index is -0.882. The van der Waals surface area contributed by atoms with Gasteiger partial charge in [-0.2, -0.15) is 0 Å². The molecule has 0 aliphatic carbocycles. The smallest absolute Gasteiger partial charge is 0.317 e. The van der Waals surface area contributed by atoms with E-state index in [1.807, 2.05) is 66.7 Å². The molecule has 2 aliphatic rings. The highest BCUT2D eigenvalue weighted by Crippen LogP contribution is 2.31. The van der Waals surface area contributed by atoms with Crippen LogP contribution in [0.1, 0.15) is 29.5 Å². The largest absolute Gasteiger partial charge is 0.403 e. The number of nitrogens with zero attached hydrogens (tertiary/aromatic N) is 6. The second-order valence-corrected chi connectivity index (χ2v) is 9.33. The molecule has 0 saturated carbocycles. The van der Waals surface area contributed by atoms with E-state index in [0.29, 0.717) is 11.5 Å². The molecule has 188 valence electrons. The van der Waals surface area contributed by atoms with Crippen molar-refractivity contribution in [3.8, 4) is 11.5 Å². The van der Waals surface area contributed by atoms with Crippen LogP contribution < -0.4 is 10.2 Å². The van der Waals surface area contributed by atoms with E-state index < -0.39 is 6.17 Å². The highest BCUT2D eigenvalue weighted by Gasteiger charge is 2.29. The van der Waals surface area contributed by atoms with Gasteiger partial charge in [-0.25, -0.2) is 11.6 Å². The topological polar surface area (TPSA) is 101 Å². The molecule has 38 heavy (non-hydrogen) atoms. The summed E-state index contributed by atoms with van der Waals surface area (Å²) in [6, 6.07) is 21.6. The van der Waals surface area contributed by atoms with Crippen LogP contribution in [0.15, 0.2) is 82.3 Å². The summed E-state index contributed by atoms with van der Waals surface area (Å²) in [6.45, 7) is 8.78. The molecule has 9 nitrogen and oxygen atoms in total. The van der Waals surface area contributed by atoms with E-state index in [-0.39, 0.29) is 24.3 Å². The van der Waals surface area contributed by atoms with Crippen molar-refractivity contribution in [2.45, 2.75) is 31.5 Å². The summed E-state index contributed by atoms with van der Waals surface area (Å²) < 4.78 is 5.98. The molecule has 2 aliphatic heterocycles. The average Bonchev–Trinajstić information content (AvgIpc) is 3.39. The first-order valence-corrected chi connectivity index (χ1v) is 12.6. The molecule has 1 N–H and O–H groups in total. The normalized spacial score (nSPS) is 17.8. The Morgan fingerprint density at radius 3 is 2.53 bits per heavy atom. The van der Waals surface area contributed by atoms with Crippen LogP contribution in [0.25, 0.3) is 16.3 Å². The summed E-state index contributed by atoms with van der Waals surface area (Å²) in [6.07, 6.45) is 2.68. The summed E-state index contributed by atoms with van der Waals surface area (Å²) in [4.78, 5) is 28.5. The molecule has 4 heterocycles. The monoisotopic (exact) mass is 503 g/mol. The summed E-state index contributed by atoms with van der Waals surface area (Å²) >= 11 is 0. The number of carbonyl (C=O) groups is 1. The summed E-state index contributed by atoms with van der Waals surface area (Å²) in [7, 11) is 0. The second kappa shape index (κ2) is 10.3. The number of pyridine rings is 1. The van der Waals surface area contributed by atoms with Crippen molar-refractivity contribution in [1.82, 2.24) is 15.2 Å². The number of nitrogens with one attached hydrogen (secondary N) is 1. The lowest BCUT2D eigenvalue weighted by molar-refractivity contribution is -0.119. The number of piperidine rings is 1. The van der Waals surface area contributed by atoms with Gasteiger partial charge >= 0.3 is 6.01 Å². The molecule has 1 fully saturated rings. The van der Waals surface area contributed by atoms with Gasteiger partial charge in [0.05, 0.1) is 11.3 Å². The number of aromatic nitrogens is 3. The van der Waals surface area contributed by atoms with Crippen molar-refractivity contribution >= 4 is 23.3 Å². The van der Waals surface area contributed by atoms with Crippen LogP contribution >= 0.6 is 0 Å². The van der Waals surface area contributed by atoms with Crippen molar-refractivity contribution < 1.29 is 9.21 Å². The third-order valence-corrected chi connectivity index (χ3v) is 6.90. The Morgan fingerprint density at radius 1 is 0.947 bits per heavy atom. The van der Waals surface area contributed by atoms with E-state index in [9.17, 15) is 4.79 Å². The Labute approximate surface area is 220 Å². The molecule has 2 aromatic heterocycles. The molecule has 1 unspecified atom stereocenters. The molecule has 9 heteroatoms. The lowest BCUT2D eigenvalue weighted by Gasteiger charge is -2.29. The van der Waals surface area contributed by atoms with Crippen molar-refractivity contribution in [2.75, 3.05) is 23.3 Å². The average molecular weight is 504 g/mol. The molecule has 0 radical (unpaired) electrons. The molecular formula is C29H25N7O2. The van der Waals surface area contributed by atoms with Gasteiger partial charge in [-0.05, 0) is 17.7 Å². The van der Waals surface area contributed by atoms with Crippen molar-refractivity contribution in [1.29, 1.82) is 0 Å². The molecular weight excluding hydrogens is 478 g/mol. The van der Waals surface area contributed by atoms with Crippen LogP contribution in [0.2, 0.25) is 0 Å². The fourth-order valence-corrected chi connectivity index (χ4v) is 4.93. The highest BCUT2D eigenvalue weighted by atomic mass is 16.4. The number of hydrogen-bond donors (Lipinski definition) is 1. The minimum absolute atomic E-state index is 0.0576. The van der Waals surface area contributed by atoms with Crippen LogP contribution in [0, 0.1) is 6.57 Å². The van der Waals surface area contributed by atoms with Gasteiger partial charge in [0.2, 0.25) is 6.04 Å². The second-order valence-electron chi connectivity index (χ2n) is 9.33. The van der Waals surface area contributed by atoms with Gasteiger partial charge in [-0.1, -0.05) is 59.7 Å². The fraction of sp³-hybridized carbons (Fsp3) is 0.241. The van der Waals surface area contributed by atoms with E-state index in [0.717, 1.165) is 54.2 Å². The van der Waals surface area contributed by atoms with Gasteiger partial charge in [0.1, 0.15) is 5.82 Å².